The number of hydrogen-bond acceptors (Lipinski definition) is 8. The van der Waals surface area contributed by atoms with Crippen molar-refractivity contribution in [2.24, 2.45) is 0 Å². The number of nitrogens with one attached hydrogen (secondary N) is 2. The Morgan fingerprint density at radius 1 is 1.00 bits per heavy atom. The molecule has 3 heterocycles. The van der Waals surface area contributed by atoms with Crippen LogP contribution in [-0.2, 0) is 4.74 Å². The third-order valence-corrected chi connectivity index (χ3v) is 6.23. The fourth-order valence-corrected chi connectivity index (χ4v) is 4.36. The first-order valence-electron chi connectivity index (χ1n) is 11.2. The number of benzene rings is 2. The van der Waals surface area contributed by atoms with Gasteiger partial charge in [0.25, 0.3) is 0 Å². The summed E-state index contributed by atoms with van der Waals surface area (Å²) in [5.41, 5.74) is 9.71. The molecular weight excluding hydrogens is 494 g/mol. The maximum absolute atomic E-state index is 5.96. The first-order chi connectivity index (χ1) is 16.6. The molecule has 34 heavy (non-hydrogen) atoms. The van der Waals surface area contributed by atoms with Crippen molar-refractivity contribution in [2.75, 3.05) is 55.8 Å². The molecule has 0 radical (unpaired) electrons. The van der Waals surface area contributed by atoms with E-state index < -0.39 is 0 Å². The van der Waals surface area contributed by atoms with Crippen LogP contribution in [0.25, 0.3) is 22.0 Å². The van der Waals surface area contributed by atoms with Crippen molar-refractivity contribution in [3.05, 3.63) is 65.3 Å². The standard InChI is InChI=1S/C25H26BrN7O/c26-19-2-1-3-20(15-19)30-24-21-14-17(4-6-22(21)31-25(27)32-24)18-5-7-23(29-16-18)28-8-9-33-10-12-34-13-11-33/h1-7,14-16H,8-13H2,(H,28,29)(H3,27,30,31,32). The predicted octanol–water partition coefficient (Wildman–Crippen LogP) is 4.52. The molecule has 0 bridgehead atoms. The highest BCUT2D eigenvalue weighted by atomic mass is 79.9. The highest BCUT2D eigenvalue weighted by molar-refractivity contribution is 9.10. The van der Waals surface area contributed by atoms with Crippen LogP contribution in [0.5, 0.6) is 0 Å². The molecule has 0 spiro atoms. The number of anilines is 4. The molecule has 8 nitrogen and oxygen atoms in total. The summed E-state index contributed by atoms with van der Waals surface area (Å²) in [6, 6.07) is 18.1. The highest BCUT2D eigenvalue weighted by Gasteiger charge is 2.11. The number of nitrogens with two attached hydrogens (primary N) is 1. The van der Waals surface area contributed by atoms with E-state index in [1.54, 1.807) is 0 Å². The van der Waals surface area contributed by atoms with Crippen LogP contribution in [-0.4, -0.2) is 59.2 Å². The summed E-state index contributed by atoms with van der Waals surface area (Å²) >= 11 is 3.51. The number of ether oxygens (including phenoxy) is 1. The third-order valence-electron chi connectivity index (χ3n) is 5.74. The molecule has 174 valence electrons. The van der Waals surface area contributed by atoms with Crippen molar-refractivity contribution in [2.45, 2.75) is 0 Å². The Hall–Kier alpha value is -3.27. The minimum Gasteiger partial charge on any atom is -0.379 e. The molecule has 0 aliphatic carbocycles. The molecule has 4 aromatic rings. The van der Waals surface area contributed by atoms with Crippen molar-refractivity contribution in [1.82, 2.24) is 19.9 Å². The number of rotatable bonds is 7. The van der Waals surface area contributed by atoms with Gasteiger partial charge in [-0.25, -0.2) is 9.97 Å². The van der Waals surface area contributed by atoms with Gasteiger partial charge in [0.2, 0.25) is 5.95 Å². The van der Waals surface area contributed by atoms with Gasteiger partial charge >= 0.3 is 0 Å². The van der Waals surface area contributed by atoms with Gasteiger partial charge in [0, 0.05) is 53.5 Å². The molecule has 1 fully saturated rings. The zero-order chi connectivity index (χ0) is 23.3. The van der Waals surface area contributed by atoms with Crippen LogP contribution in [0.3, 0.4) is 0 Å². The van der Waals surface area contributed by atoms with Gasteiger partial charge in [0.1, 0.15) is 11.6 Å². The molecule has 0 atom stereocenters. The van der Waals surface area contributed by atoms with Crippen LogP contribution in [0.2, 0.25) is 0 Å². The lowest BCUT2D eigenvalue weighted by Gasteiger charge is -2.26. The molecule has 1 aliphatic rings. The summed E-state index contributed by atoms with van der Waals surface area (Å²) in [7, 11) is 0. The van der Waals surface area contributed by atoms with E-state index in [1.165, 1.54) is 0 Å². The lowest BCUT2D eigenvalue weighted by atomic mass is 10.0. The third kappa shape index (κ3) is 5.44. The van der Waals surface area contributed by atoms with Crippen molar-refractivity contribution in [1.29, 1.82) is 0 Å². The van der Waals surface area contributed by atoms with Crippen LogP contribution < -0.4 is 16.4 Å². The van der Waals surface area contributed by atoms with Crippen LogP contribution in [0, 0.1) is 0 Å². The maximum Gasteiger partial charge on any atom is 0.222 e. The zero-order valence-corrected chi connectivity index (χ0v) is 20.3. The molecule has 1 aliphatic heterocycles. The molecule has 1 saturated heterocycles. The van der Waals surface area contributed by atoms with E-state index in [9.17, 15) is 0 Å². The quantitative estimate of drug-likeness (QED) is 0.327. The number of nitrogens with zero attached hydrogens (tertiary/aromatic N) is 4. The van der Waals surface area contributed by atoms with Crippen LogP contribution in [0.15, 0.2) is 65.3 Å². The number of fused-ring (bicyclic) bond motifs is 1. The van der Waals surface area contributed by atoms with Crippen molar-refractivity contribution < 1.29 is 4.74 Å². The molecule has 2 aromatic heterocycles. The van der Waals surface area contributed by atoms with Crippen molar-refractivity contribution in [3.8, 4) is 11.1 Å². The fraction of sp³-hybridized carbons (Fsp3) is 0.240. The van der Waals surface area contributed by atoms with E-state index >= 15 is 0 Å². The lowest BCUT2D eigenvalue weighted by Crippen LogP contribution is -2.39. The van der Waals surface area contributed by atoms with Gasteiger partial charge in [-0.2, -0.15) is 4.98 Å². The van der Waals surface area contributed by atoms with E-state index in [-0.39, 0.29) is 5.95 Å². The smallest absolute Gasteiger partial charge is 0.222 e. The van der Waals surface area contributed by atoms with E-state index in [0.717, 1.165) is 77.4 Å². The number of halogens is 1. The monoisotopic (exact) mass is 519 g/mol. The zero-order valence-electron chi connectivity index (χ0n) is 18.7. The average Bonchev–Trinajstić information content (AvgIpc) is 2.85. The van der Waals surface area contributed by atoms with E-state index in [1.807, 2.05) is 48.7 Å². The normalized spacial score (nSPS) is 14.3. The first kappa shape index (κ1) is 22.5. The minimum atomic E-state index is 0.229. The molecule has 4 N–H and O–H groups in total. The number of nitrogen functional groups attached to an aromatic ring is 1. The highest BCUT2D eigenvalue weighted by Crippen LogP contribution is 2.30. The van der Waals surface area contributed by atoms with E-state index in [2.05, 4.69) is 58.5 Å². The minimum absolute atomic E-state index is 0.229. The Kier molecular flexibility index (Phi) is 6.84. The van der Waals surface area contributed by atoms with E-state index in [0.29, 0.717) is 5.82 Å². The summed E-state index contributed by atoms with van der Waals surface area (Å²) < 4.78 is 6.38. The number of hydrogen-bond donors (Lipinski definition) is 3. The van der Waals surface area contributed by atoms with Gasteiger partial charge in [-0.1, -0.05) is 28.1 Å². The summed E-state index contributed by atoms with van der Waals surface area (Å²) in [6.07, 6.45) is 1.89. The number of morpholine rings is 1. The lowest BCUT2D eigenvalue weighted by molar-refractivity contribution is 0.0398. The van der Waals surface area contributed by atoms with Crippen molar-refractivity contribution >= 4 is 50.1 Å². The Balaban J connectivity index is 1.33. The van der Waals surface area contributed by atoms with Crippen LogP contribution in [0.4, 0.5) is 23.3 Å². The Morgan fingerprint density at radius 2 is 1.85 bits per heavy atom. The second-order valence-electron chi connectivity index (χ2n) is 8.11. The summed E-state index contributed by atoms with van der Waals surface area (Å²) in [6.45, 7) is 5.44. The molecule has 0 saturated carbocycles. The van der Waals surface area contributed by atoms with Gasteiger partial charge < -0.3 is 21.1 Å². The van der Waals surface area contributed by atoms with Gasteiger partial charge in [-0.3, -0.25) is 4.90 Å². The Morgan fingerprint density at radius 3 is 2.65 bits per heavy atom. The fourth-order valence-electron chi connectivity index (χ4n) is 3.96. The first-order valence-corrected chi connectivity index (χ1v) is 12.0. The molecule has 5 rings (SSSR count). The van der Waals surface area contributed by atoms with Crippen LogP contribution in [0.1, 0.15) is 0 Å². The van der Waals surface area contributed by atoms with Crippen LogP contribution >= 0.6 is 15.9 Å². The van der Waals surface area contributed by atoms with E-state index in [4.69, 9.17) is 10.5 Å². The number of pyridine rings is 1. The SMILES string of the molecule is Nc1nc(Nc2cccc(Br)c2)c2cc(-c3ccc(NCCN4CCOCC4)nc3)ccc2n1. The molecular formula is C25H26BrN7O. The summed E-state index contributed by atoms with van der Waals surface area (Å²) in [4.78, 5) is 15.8. The second kappa shape index (κ2) is 10.3. The second-order valence-corrected chi connectivity index (χ2v) is 9.03. The van der Waals surface area contributed by atoms with Gasteiger partial charge in [-0.15, -0.1) is 0 Å². The Bertz CT molecular complexity index is 1280. The largest absolute Gasteiger partial charge is 0.379 e. The molecule has 2 aromatic carbocycles. The van der Waals surface area contributed by atoms with Crippen molar-refractivity contribution in [3.63, 3.8) is 0 Å². The van der Waals surface area contributed by atoms with Gasteiger partial charge in [0.15, 0.2) is 0 Å². The molecule has 9 heteroatoms. The summed E-state index contributed by atoms with van der Waals surface area (Å²) in [5.74, 6) is 1.76. The molecule has 0 amide bonds. The predicted molar refractivity (Wildman–Crippen MR) is 140 cm³/mol. The van der Waals surface area contributed by atoms with Gasteiger partial charge in [0.05, 0.1) is 18.7 Å². The topological polar surface area (TPSA) is 101 Å². The number of aromatic nitrogens is 3. The Labute approximate surface area is 206 Å². The maximum atomic E-state index is 5.96. The van der Waals surface area contributed by atoms with Gasteiger partial charge in [-0.05, 0) is 48.0 Å². The molecule has 0 unspecified atom stereocenters. The summed E-state index contributed by atoms with van der Waals surface area (Å²) in [5, 5.41) is 7.66. The average molecular weight is 520 g/mol.